The summed E-state index contributed by atoms with van der Waals surface area (Å²) in [6.07, 6.45) is 14.9. The van der Waals surface area contributed by atoms with Gasteiger partial charge in [-0.25, -0.2) is 0 Å². The highest BCUT2D eigenvalue weighted by Crippen LogP contribution is 2.35. The number of phenols is 1. The zero-order chi connectivity index (χ0) is 14.2. The summed E-state index contributed by atoms with van der Waals surface area (Å²) < 4.78 is 0. The molecule has 1 nitrogen and oxygen atoms in total. The minimum Gasteiger partial charge on any atom is -0.508 e. The average Bonchev–Trinajstić information content (AvgIpc) is 2.42. The van der Waals surface area contributed by atoms with Crippen LogP contribution in [0.1, 0.15) is 87.7 Å². The second kappa shape index (κ2) is 8.34. The molecule has 112 valence electrons. The number of hydrogen-bond donors (Lipinski definition) is 1. The smallest absolute Gasteiger partial charge is 0.119 e. The normalized spacial score (nSPS) is 20.1. The van der Waals surface area contributed by atoms with Crippen molar-refractivity contribution in [1.29, 1.82) is 0 Å². The molecule has 1 N–H and O–H groups in total. The summed E-state index contributed by atoms with van der Waals surface area (Å²) in [7, 11) is 0. The summed E-state index contributed by atoms with van der Waals surface area (Å²) in [4.78, 5) is 0. The maximum absolute atomic E-state index is 10.2. The van der Waals surface area contributed by atoms with Crippen LogP contribution in [-0.4, -0.2) is 5.11 Å². The van der Waals surface area contributed by atoms with Crippen molar-refractivity contribution in [1.82, 2.24) is 0 Å². The minimum atomic E-state index is 0.507. The maximum Gasteiger partial charge on any atom is 0.119 e. The molecule has 1 fully saturated rings. The second-order valence-corrected chi connectivity index (χ2v) is 6.52. The van der Waals surface area contributed by atoms with Gasteiger partial charge in [-0.1, -0.05) is 75.5 Å². The molecule has 2 rings (SSSR count). The van der Waals surface area contributed by atoms with E-state index in [2.05, 4.69) is 13.0 Å². The number of hydrogen-bond acceptors (Lipinski definition) is 1. The molecule has 20 heavy (non-hydrogen) atoms. The summed E-state index contributed by atoms with van der Waals surface area (Å²) in [5.74, 6) is 1.07. The number of rotatable bonds is 1. The Morgan fingerprint density at radius 1 is 0.800 bits per heavy atom. The zero-order valence-electron chi connectivity index (χ0n) is 13.0. The van der Waals surface area contributed by atoms with E-state index in [1.54, 1.807) is 0 Å². The fourth-order valence-electron chi connectivity index (χ4n) is 3.48. The van der Waals surface area contributed by atoms with Gasteiger partial charge in [-0.2, -0.15) is 0 Å². The maximum atomic E-state index is 10.2. The minimum absolute atomic E-state index is 0.507. The summed E-state index contributed by atoms with van der Waals surface area (Å²) >= 11 is 0. The molecule has 1 heteroatoms. The first kappa shape index (κ1) is 15.4. The highest BCUT2D eigenvalue weighted by Gasteiger charge is 2.15. The van der Waals surface area contributed by atoms with Gasteiger partial charge in [0.05, 0.1) is 0 Å². The molecule has 0 spiro atoms. The lowest BCUT2D eigenvalue weighted by Crippen LogP contribution is -2.01. The molecule has 1 saturated carbocycles. The van der Waals surface area contributed by atoms with Gasteiger partial charge in [-0.3, -0.25) is 0 Å². The molecule has 1 aromatic rings. The van der Waals surface area contributed by atoms with Crippen molar-refractivity contribution < 1.29 is 5.11 Å². The molecule has 1 aliphatic rings. The van der Waals surface area contributed by atoms with Gasteiger partial charge in [-0.15, -0.1) is 0 Å². The molecule has 0 aromatic heterocycles. The predicted octanol–water partition coefficient (Wildman–Crippen LogP) is 6.09. The van der Waals surface area contributed by atoms with Crippen LogP contribution in [0.15, 0.2) is 18.2 Å². The molecule has 0 aliphatic heterocycles. The van der Waals surface area contributed by atoms with Crippen molar-refractivity contribution in [3.63, 3.8) is 0 Å². The summed E-state index contributed by atoms with van der Waals surface area (Å²) in [6, 6.07) is 6.08. The first-order chi connectivity index (χ1) is 9.77. The van der Waals surface area contributed by atoms with Crippen LogP contribution >= 0.6 is 0 Å². The molecule has 0 atom stereocenters. The van der Waals surface area contributed by atoms with Crippen LogP contribution in [0, 0.1) is 6.92 Å². The van der Waals surface area contributed by atoms with Gasteiger partial charge in [0.15, 0.2) is 0 Å². The van der Waals surface area contributed by atoms with E-state index in [0.717, 1.165) is 0 Å². The molecular formula is C19H30O. The molecule has 1 aromatic carbocycles. The Hall–Kier alpha value is -0.980. The fraction of sp³-hybridized carbons (Fsp3) is 0.684. The van der Waals surface area contributed by atoms with Crippen molar-refractivity contribution >= 4 is 0 Å². The highest BCUT2D eigenvalue weighted by atomic mass is 16.3. The third-order valence-corrected chi connectivity index (χ3v) is 4.73. The Bertz CT molecular complexity index is 385. The third kappa shape index (κ3) is 4.85. The molecule has 0 heterocycles. The van der Waals surface area contributed by atoms with E-state index in [1.807, 2.05) is 12.1 Å². The average molecular weight is 274 g/mol. The van der Waals surface area contributed by atoms with Crippen molar-refractivity contribution in [2.75, 3.05) is 0 Å². The van der Waals surface area contributed by atoms with E-state index in [0.29, 0.717) is 11.7 Å². The Morgan fingerprint density at radius 3 is 1.85 bits per heavy atom. The lowest BCUT2D eigenvalue weighted by atomic mass is 9.86. The number of benzene rings is 1. The van der Waals surface area contributed by atoms with Gasteiger partial charge in [0.25, 0.3) is 0 Å². The first-order valence-corrected chi connectivity index (χ1v) is 8.57. The molecule has 0 amide bonds. The number of aromatic hydroxyl groups is 1. The predicted molar refractivity (Wildman–Crippen MR) is 86.4 cm³/mol. The fourth-order valence-corrected chi connectivity index (χ4v) is 3.48. The standard InChI is InChI=1S/C19H30O/c1-16-13-14-19(20)18(15-16)17-11-9-7-5-3-2-4-6-8-10-12-17/h13-15,17,20H,2-12H2,1H3. The monoisotopic (exact) mass is 274 g/mol. The molecule has 0 bridgehead atoms. The molecule has 0 saturated heterocycles. The van der Waals surface area contributed by atoms with E-state index in [-0.39, 0.29) is 0 Å². The molecule has 0 unspecified atom stereocenters. The van der Waals surface area contributed by atoms with Gasteiger partial charge in [-0.05, 0) is 37.3 Å². The van der Waals surface area contributed by atoms with Gasteiger partial charge < -0.3 is 5.11 Å². The van der Waals surface area contributed by atoms with Crippen LogP contribution in [0.2, 0.25) is 0 Å². The second-order valence-electron chi connectivity index (χ2n) is 6.52. The van der Waals surface area contributed by atoms with Gasteiger partial charge in [0.1, 0.15) is 5.75 Å². The van der Waals surface area contributed by atoms with Crippen molar-refractivity contribution in [2.24, 2.45) is 0 Å². The molecule has 0 radical (unpaired) electrons. The van der Waals surface area contributed by atoms with E-state index >= 15 is 0 Å². The Kier molecular flexibility index (Phi) is 6.42. The van der Waals surface area contributed by atoms with Crippen LogP contribution in [0.5, 0.6) is 5.75 Å². The van der Waals surface area contributed by atoms with Crippen molar-refractivity contribution in [3.05, 3.63) is 29.3 Å². The number of aryl methyl sites for hydroxylation is 1. The quantitative estimate of drug-likeness (QED) is 0.657. The van der Waals surface area contributed by atoms with Crippen LogP contribution in [-0.2, 0) is 0 Å². The van der Waals surface area contributed by atoms with Crippen LogP contribution in [0.3, 0.4) is 0 Å². The summed E-state index contributed by atoms with van der Waals surface area (Å²) in [6.45, 7) is 2.12. The van der Waals surface area contributed by atoms with E-state index < -0.39 is 0 Å². The van der Waals surface area contributed by atoms with Crippen LogP contribution < -0.4 is 0 Å². The van der Waals surface area contributed by atoms with Crippen LogP contribution in [0.4, 0.5) is 0 Å². The topological polar surface area (TPSA) is 20.2 Å². The van der Waals surface area contributed by atoms with Crippen LogP contribution in [0.25, 0.3) is 0 Å². The Labute approximate surface area is 124 Å². The van der Waals surface area contributed by atoms with Crippen molar-refractivity contribution in [3.8, 4) is 5.75 Å². The number of phenolic OH excluding ortho intramolecular Hbond substituents is 1. The Morgan fingerprint density at radius 2 is 1.30 bits per heavy atom. The molecule has 1 aliphatic carbocycles. The van der Waals surface area contributed by atoms with E-state index in [1.165, 1.54) is 81.8 Å². The highest BCUT2D eigenvalue weighted by molar-refractivity contribution is 5.38. The molecular weight excluding hydrogens is 244 g/mol. The lowest BCUT2D eigenvalue weighted by molar-refractivity contribution is 0.432. The lowest BCUT2D eigenvalue weighted by Gasteiger charge is -2.20. The van der Waals surface area contributed by atoms with Crippen molar-refractivity contribution in [2.45, 2.75) is 83.5 Å². The van der Waals surface area contributed by atoms with Gasteiger partial charge in [0.2, 0.25) is 0 Å². The van der Waals surface area contributed by atoms with Gasteiger partial charge in [0, 0.05) is 0 Å². The van der Waals surface area contributed by atoms with E-state index in [9.17, 15) is 5.11 Å². The largest absolute Gasteiger partial charge is 0.508 e. The van der Waals surface area contributed by atoms with Gasteiger partial charge >= 0.3 is 0 Å². The summed E-state index contributed by atoms with van der Waals surface area (Å²) in [5.41, 5.74) is 2.46. The summed E-state index contributed by atoms with van der Waals surface area (Å²) in [5, 5.41) is 10.2. The van der Waals surface area contributed by atoms with E-state index in [4.69, 9.17) is 0 Å². The zero-order valence-corrected chi connectivity index (χ0v) is 13.0. The Balaban J connectivity index is 2.02. The SMILES string of the molecule is Cc1ccc(O)c(C2CCCCCCCCCCC2)c1. The first-order valence-electron chi connectivity index (χ1n) is 8.57. The third-order valence-electron chi connectivity index (χ3n) is 4.73.